The highest BCUT2D eigenvalue weighted by atomic mass is 32.2. The number of carbonyl (C=O) groups excluding carboxylic acids is 3. The number of imide groups is 1. The molecule has 0 saturated carbocycles. The first-order valence-electron chi connectivity index (χ1n) is 12.7. The molecule has 8 heteroatoms. The summed E-state index contributed by atoms with van der Waals surface area (Å²) in [5, 5.41) is 6.06. The van der Waals surface area contributed by atoms with Crippen molar-refractivity contribution < 1.29 is 19.1 Å². The third-order valence-corrected chi connectivity index (χ3v) is 7.35. The van der Waals surface area contributed by atoms with E-state index in [0.717, 1.165) is 10.5 Å². The predicted octanol–water partition coefficient (Wildman–Crippen LogP) is 6.26. The van der Waals surface area contributed by atoms with Gasteiger partial charge in [0, 0.05) is 22.7 Å². The smallest absolute Gasteiger partial charge is 0.283 e. The second-order valence-electron chi connectivity index (χ2n) is 9.00. The van der Waals surface area contributed by atoms with E-state index >= 15 is 0 Å². The molecule has 0 unspecified atom stereocenters. The van der Waals surface area contributed by atoms with Gasteiger partial charge >= 0.3 is 0 Å². The summed E-state index contributed by atoms with van der Waals surface area (Å²) in [5.41, 5.74) is 3.11. The molecule has 0 radical (unpaired) electrons. The first-order chi connectivity index (χ1) is 19.5. The number of carbonyl (C=O) groups is 3. The summed E-state index contributed by atoms with van der Waals surface area (Å²) in [6.07, 6.45) is 1.03. The van der Waals surface area contributed by atoms with Crippen LogP contribution in [-0.2, 0) is 20.8 Å². The third kappa shape index (κ3) is 6.24. The molecule has 0 aliphatic carbocycles. The first-order valence-corrected chi connectivity index (χ1v) is 13.5. The van der Waals surface area contributed by atoms with Crippen molar-refractivity contribution >= 4 is 46.5 Å². The number of para-hydroxylation sites is 1. The summed E-state index contributed by atoms with van der Waals surface area (Å²) in [6.45, 7) is 0. The SMILES string of the molecule is COc1ccc(NC2=C(Sc3ccc(NC(=O)CCc4ccccc4)cc3)C(=O)N(c3ccccc3)C2=O)cc1. The number of rotatable bonds is 10. The molecule has 4 aromatic rings. The van der Waals surface area contributed by atoms with Crippen molar-refractivity contribution in [1.29, 1.82) is 0 Å². The second-order valence-corrected chi connectivity index (χ2v) is 10.1. The number of benzene rings is 4. The van der Waals surface area contributed by atoms with Crippen molar-refractivity contribution in [3.63, 3.8) is 0 Å². The number of hydrogen-bond donors (Lipinski definition) is 2. The van der Waals surface area contributed by atoms with Gasteiger partial charge in [-0.05, 0) is 72.6 Å². The van der Waals surface area contributed by atoms with Gasteiger partial charge in [-0.15, -0.1) is 0 Å². The van der Waals surface area contributed by atoms with Crippen LogP contribution in [-0.4, -0.2) is 24.8 Å². The van der Waals surface area contributed by atoms with E-state index in [2.05, 4.69) is 10.6 Å². The minimum atomic E-state index is -0.434. The van der Waals surface area contributed by atoms with E-state index in [1.54, 1.807) is 67.8 Å². The molecule has 0 spiro atoms. The molecule has 0 aromatic heterocycles. The molecule has 1 aliphatic rings. The maximum atomic E-state index is 13.5. The molecule has 5 rings (SSSR count). The molecule has 4 aromatic carbocycles. The number of amides is 3. The zero-order chi connectivity index (χ0) is 27.9. The molecule has 3 amide bonds. The highest BCUT2D eigenvalue weighted by Crippen LogP contribution is 2.38. The summed E-state index contributed by atoms with van der Waals surface area (Å²) < 4.78 is 5.22. The summed E-state index contributed by atoms with van der Waals surface area (Å²) in [6, 6.07) is 33.0. The lowest BCUT2D eigenvalue weighted by atomic mass is 10.1. The topological polar surface area (TPSA) is 87.7 Å². The van der Waals surface area contributed by atoms with E-state index in [1.165, 1.54) is 16.7 Å². The zero-order valence-electron chi connectivity index (χ0n) is 21.8. The van der Waals surface area contributed by atoms with Gasteiger partial charge in [-0.2, -0.15) is 0 Å². The van der Waals surface area contributed by atoms with Crippen LogP contribution in [0.15, 0.2) is 125 Å². The molecular formula is C32H27N3O4S. The number of hydrogen-bond acceptors (Lipinski definition) is 6. The van der Waals surface area contributed by atoms with Crippen molar-refractivity contribution in [2.24, 2.45) is 0 Å². The fourth-order valence-corrected chi connectivity index (χ4v) is 5.12. The molecular weight excluding hydrogens is 522 g/mol. The van der Waals surface area contributed by atoms with Crippen LogP contribution in [0.5, 0.6) is 5.75 Å². The molecule has 1 aliphatic heterocycles. The Morgan fingerprint density at radius 3 is 2.05 bits per heavy atom. The van der Waals surface area contributed by atoms with E-state index < -0.39 is 11.8 Å². The Morgan fingerprint density at radius 1 is 0.775 bits per heavy atom. The fraction of sp³-hybridized carbons (Fsp3) is 0.0938. The molecule has 0 fully saturated rings. The van der Waals surface area contributed by atoms with Gasteiger partial charge in [0.25, 0.3) is 11.8 Å². The number of nitrogens with one attached hydrogen (secondary N) is 2. The molecule has 0 bridgehead atoms. The monoisotopic (exact) mass is 549 g/mol. The Balaban J connectivity index is 1.33. The average Bonchev–Trinajstić information content (AvgIpc) is 3.22. The molecule has 1 heterocycles. The fourth-order valence-electron chi connectivity index (χ4n) is 4.20. The van der Waals surface area contributed by atoms with E-state index in [4.69, 9.17) is 4.74 Å². The van der Waals surface area contributed by atoms with Crippen LogP contribution < -0.4 is 20.3 Å². The van der Waals surface area contributed by atoms with E-state index in [9.17, 15) is 14.4 Å². The Morgan fingerprint density at radius 2 is 1.40 bits per heavy atom. The molecule has 0 atom stereocenters. The highest BCUT2D eigenvalue weighted by Gasteiger charge is 2.40. The molecule has 200 valence electrons. The van der Waals surface area contributed by atoms with Gasteiger partial charge in [-0.1, -0.05) is 60.3 Å². The van der Waals surface area contributed by atoms with E-state index in [0.29, 0.717) is 35.7 Å². The van der Waals surface area contributed by atoms with Crippen LogP contribution in [0, 0.1) is 0 Å². The van der Waals surface area contributed by atoms with Crippen LogP contribution in [0.2, 0.25) is 0 Å². The van der Waals surface area contributed by atoms with Crippen LogP contribution in [0.4, 0.5) is 17.1 Å². The molecule has 7 nitrogen and oxygen atoms in total. The average molecular weight is 550 g/mol. The predicted molar refractivity (Wildman–Crippen MR) is 158 cm³/mol. The van der Waals surface area contributed by atoms with Gasteiger partial charge in [0.15, 0.2) is 0 Å². The van der Waals surface area contributed by atoms with Gasteiger partial charge in [-0.25, -0.2) is 4.90 Å². The second kappa shape index (κ2) is 12.4. The Hall–Kier alpha value is -4.82. The zero-order valence-corrected chi connectivity index (χ0v) is 22.6. The first kappa shape index (κ1) is 26.8. The molecule has 40 heavy (non-hydrogen) atoms. The number of thioether (sulfide) groups is 1. The van der Waals surface area contributed by atoms with Gasteiger partial charge < -0.3 is 15.4 Å². The standard InChI is InChI=1S/C32H27N3O4S/c1-39-26-17-13-24(14-18-26)34-29-30(32(38)35(31(29)37)25-10-6-3-7-11-25)40-27-19-15-23(16-20-27)33-28(36)21-12-22-8-4-2-5-9-22/h2-11,13-20,34H,12,21H2,1H3,(H,33,36). The van der Waals surface area contributed by atoms with Gasteiger partial charge in [0.2, 0.25) is 5.91 Å². The maximum Gasteiger partial charge on any atom is 0.283 e. The highest BCUT2D eigenvalue weighted by molar-refractivity contribution is 8.04. The Labute approximate surface area is 236 Å². The largest absolute Gasteiger partial charge is 0.497 e. The minimum absolute atomic E-state index is 0.0759. The Bertz CT molecular complexity index is 1540. The van der Waals surface area contributed by atoms with Crippen LogP contribution in [0.1, 0.15) is 12.0 Å². The summed E-state index contributed by atoms with van der Waals surface area (Å²) >= 11 is 1.20. The van der Waals surface area contributed by atoms with Crippen LogP contribution in [0.3, 0.4) is 0 Å². The summed E-state index contributed by atoms with van der Waals surface area (Å²) in [4.78, 5) is 41.7. The number of nitrogens with zero attached hydrogens (tertiary/aromatic N) is 1. The number of anilines is 3. The van der Waals surface area contributed by atoms with Crippen molar-refractivity contribution in [3.8, 4) is 5.75 Å². The minimum Gasteiger partial charge on any atom is -0.497 e. The van der Waals surface area contributed by atoms with Crippen molar-refractivity contribution in [2.75, 3.05) is 22.6 Å². The lowest BCUT2D eigenvalue weighted by Crippen LogP contribution is -2.32. The normalized spacial score (nSPS) is 13.0. The number of methoxy groups -OCH3 is 1. The van der Waals surface area contributed by atoms with Crippen molar-refractivity contribution in [1.82, 2.24) is 0 Å². The van der Waals surface area contributed by atoms with Gasteiger partial charge in [-0.3, -0.25) is 14.4 Å². The van der Waals surface area contributed by atoms with Crippen LogP contribution >= 0.6 is 11.8 Å². The lowest BCUT2D eigenvalue weighted by Gasteiger charge is -2.15. The summed E-state index contributed by atoms with van der Waals surface area (Å²) in [7, 11) is 1.58. The van der Waals surface area contributed by atoms with E-state index in [-0.39, 0.29) is 16.5 Å². The number of aryl methyl sites for hydroxylation is 1. The van der Waals surface area contributed by atoms with Crippen molar-refractivity contribution in [2.45, 2.75) is 17.7 Å². The van der Waals surface area contributed by atoms with Crippen molar-refractivity contribution in [3.05, 3.63) is 125 Å². The summed E-state index contributed by atoms with van der Waals surface area (Å²) in [5.74, 6) is -0.235. The van der Waals surface area contributed by atoms with Crippen LogP contribution in [0.25, 0.3) is 0 Å². The van der Waals surface area contributed by atoms with Gasteiger partial charge in [0.1, 0.15) is 16.4 Å². The quantitative estimate of drug-likeness (QED) is 0.227. The third-order valence-electron chi connectivity index (χ3n) is 6.26. The number of ether oxygens (including phenoxy) is 1. The Kier molecular flexibility index (Phi) is 8.27. The maximum absolute atomic E-state index is 13.5. The lowest BCUT2D eigenvalue weighted by molar-refractivity contribution is -0.120. The van der Waals surface area contributed by atoms with Gasteiger partial charge in [0.05, 0.1) is 12.8 Å². The molecule has 0 saturated heterocycles. The van der Waals surface area contributed by atoms with E-state index in [1.807, 2.05) is 48.5 Å². The molecule has 2 N–H and O–H groups in total.